The fourth-order valence-electron chi connectivity index (χ4n) is 1.66. The molecule has 0 fully saturated rings. The number of nitrogens with two attached hydrogens (primary N) is 1. The van der Waals surface area contributed by atoms with Crippen LogP contribution in [-0.4, -0.2) is 31.2 Å². The molecule has 0 aromatic carbocycles. The minimum atomic E-state index is -0.646. The molecule has 0 bridgehead atoms. The molecule has 1 amide bonds. The fraction of sp³-hybridized carbons (Fsp3) is 0.923. The van der Waals surface area contributed by atoms with Crippen molar-refractivity contribution in [3.63, 3.8) is 0 Å². The highest BCUT2D eigenvalue weighted by Gasteiger charge is 2.29. The van der Waals surface area contributed by atoms with E-state index in [0.29, 0.717) is 13.0 Å². The van der Waals surface area contributed by atoms with E-state index in [0.717, 1.165) is 25.5 Å². The lowest BCUT2D eigenvalue weighted by Crippen LogP contribution is -2.53. The Morgan fingerprint density at radius 2 is 2.06 bits per heavy atom. The van der Waals surface area contributed by atoms with Crippen molar-refractivity contribution in [2.75, 3.05) is 19.8 Å². The molecule has 102 valence electrons. The van der Waals surface area contributed by atoms with E-state index in [1.807, 2.05) is 13.8 Å². The van der Waals surface area contributed by atoms with Crippen molar-refractivity contribution in [1.29, 1.82) is 0 Å². The Morgan fingerprint density at radius 3 is 2.53 bits per heavy atom. The first kappa shape index (κ1) is 16.4. The van der Waals surface area contributed by atoms with Crippen LogP contribution in [-0.2, 0) is 9.53 Å². The molecule has 0 saturated heterocycles. The zero-order valence-electron chi connectivity index (χ0n) is 11.7. The molecule has 0 saturated carbocycles. The molecule has 0 aliphatic rings. The quantitative estimate of drug-likeness (QED) is 0.575. The zero-order chi connectivity index (χ0) is 13.3. The number of ether oxygens (including phenoxy) is 1. The second-order valence-electron chi connectivity index (χ2n) is 5.13. The van der Waals surface area contributed by atoms with E-state index in [1.165, 1.54) is 6.42 Å². The molecule has 0 aromatic rings. The second kappa shape index (κ2) is 8.48. The van der Waals surface area contributed by atoms with Gasteiger partial charge in [0, 0.05) is 13.2 Å². The van der Waals surface area contributed by atoms with Gasteiger partial charge in [-0.15, -0.1) is 0 Å². The van der Waals surface area contributed by atoms with E-state index < -0.39 is 5.54 Å². The molecule has 1 atom stereocenters. The van der Waals surface area contributed by atoms with Gasteiger partial charge >= 0.3 is 0 Å². The summed E-state index contributed by atoms with van der Waals surface area (Å²) in [6.07, 6.45) is 2.88. The van der Waals surface area contributed by atoms with Crippen LogP contribution in [0.25, 0.3) is 0 Å². The van der Waals surface area contributed by atoms with Crippen molar-refractivity contribution < 1.29 is 9.53 Å². The second-order valence-corrected chi connectivity index (χ2v) is 5.13. The summed E-state index contributed by atoms with van der Waals surface area (Å²) in [5.41, 5.74) is 4.73. The predicted octanol–water partition coefficient (Wildman–Crippen LogP) is 1.68. The van der Waals surface area contributed by atoms with E-state index in [-0.39, 0.29) is 5.91 Å². The largest absolute Gasteiger partial charge is 0.381 e. The van der Waals surface area contributed by atoms with E-state index in [1.54, 1.807) is 0 Å². The summed E-state index contributed by atoms with van der Waals surface area (Å²) in [6.45, 7) is 10.3. The van der Waals surface area contributed by atoms with Crippen molar-refractivity contribution in [1.82, 2.24) is 5.32 Å². The molecule has 0 heterocycles. The maximum absolute atomic E-state index is 11.3. The highest BCUT2D eigenvalue weighted by atomic mass is 16.5. The number of rotatable bonds is 10. The molecule has 0 rings (SSSR count). The van der Waals surface area contributed by atoms with Crippen molar-refractivity contribution in [2.45, 2.75) is 52.5 Å². The van der Waals surface area contributed by atoms with Gasteiger partial charge in [0.2, 0.25) is 5.91 Å². The van der Waals surface area contributed by atoms with E-state index in [9.17, 15) is 4.79 Å². The molecule has 17 heavy (non-hydrogen) atoms. The maximum atomic E-state index is 11.3. The molecule has 0 radical (unpaired) electrons. The molecule has 0 aromatic heterocycles. The summed E-state index contributed by atoms with van der Waals surface area (Å²) in [6, 6.07) is 0. The summed E-state index contributed by atoms with van der Waals surface area (Å²) in [7, 11) is 0. The normalized spacial score (nSPS) is 14.9. The van der Waals surface area contributed by atoms with Gasteiger partial charge in [0.25, 0.3) is 0 Å². The van der Waals surface area contributed by atoms with E-state index >= 15 is 0 Å². The van der Waals surface area contributed by atoms with Gasteiger partial charge < -0.3 is 15.8 Å². The topological polar surface area (TPSA) is 64.3 Å². The molecular formula is C13H28N2O2. The molecule has 0 aliphatic carbocycles. The van der Waals surface area contributed by atoms with Crippen LogP contribution in [0.4, 0.5) is 0 Å². The van der Waals surface area contributed by atoms with Crippen molar-refractivity contribution in [3.05, 3.63) is 0 Å². The van der Waals surface area contributed by atoms with Crippen LogP contribution < -0.4 is 11.1 Å². The van der Waals surface area contributed by atoms with Crippen LogP contribution in [0.15, 0.2) is 0 Å². The first-order valence-electron chi connectivity index (χ1n) is 6.55. The summed E-state index contributed by atoms with van der Waals surface area (Å²) in [5.74, 6) is 0.404. The third-order valence-electron chi connectivity index (χ3n) is 2.93. The minimum Gasteiger partial charge on any atom is -0.381 e. The van der Waals surface area contributed by atoms with Crippen LogP contribution in [0.3, 0.4) is 0 Å². The number of hydrogen-bond donors (Lipinski definition) is 2. The highest BCUT2D eigenvalue weighted by molar-refractivity contribution is 5.84. The summed E-state index contributed by atoms with van der Waals surface area (Å²) in [4.78, 5) is 11.3. The lowest BCUT2D eigenvalue weighted by atomic mass is 9.97. The average Bonchev–Trinajstić information content (AvgIpc) is 2.23. The zero-order valence-corrected chi connectivity index (χ0v) is 11.7. The van der Waals surface area contributed by atoms with Gasteiger partial charge in [-0.3, -0.25) is 4.79 Å². The Kier molecular flexibility index (Phi) is 8.17. The molecule has 3 N–H and O–H groups in total. The van der Waals surface area contributed by atoms with Crippen LogP contribution in [0.1, 0.15) is 47.0 Å². The molecular weight excluding hydrogens is 216 g/mol. The summed E-state index contributed by atoms with van der Waals surface area (Å²) < 4.78 is 5.53. The van der Waals surface area contributed by atoms with Gasteiger partial charge in [-0.1, -0.05) is 20.8 Å². The number of likely N-dealkylation sites (N-methyl/N-ethyl adjacent to an activating group) is 1. The van der Waals surface area contributed by atoms with Crippen molar-refractivity contribution in [3.8, 4) is 0 Å². The molecule has 4 heteroatoms. The number of carbonyl (C=O) groups excluding carboxylic acids is 1. The van der Waals surface area contributed by atoms with Gasteiger partial charge in [0.15, 0.2) is 0 Å². The van der Waals surface area contributed by atoms with Crippen LogP contribution >= 0.6 is 0 Å². The SMILES string of the molecule is CCNC(C)(CCOCCCC(C)C)C(N)=O. The molecule has 0 spiro atoms. The van der Waals surface area contributed by atoms with E-state index in [2.05, 4.69) is 19.2 Å². The smallest absolute Gasteiger partial charge is 0.237 e. The predicted molar refractivity (Wildman–Crippen MR) is 70.8 cm³/mol. The Morgan fingerprint density at radius 1 is 1.41 bits per heavy atom. The monoisotopic (exact) mass is 244 g/mol. The number of carbonyl (C=O) groups is 1. The molecule has 1 unspecified atom stereocenters. The standard InChI is InChI=1S/C13H28N2O2/c1-5-15-13(4,12(14)16)8-10-17-9-6-7-11(2)3/h11,15H,5-10H2,1-4H3,(H2,14,16). The van der Waals surface area contributed by atoms with Gasteiger partial charge in [-0.05, 0) is 38.6 Å². The first-order chi connectivity index (χ1) is 7.92. The highest BCUT2D eigenvalue weighted by Crippen LogP contribution is 2.09. The average molecular weight is 244 g/mol. The maximum Gasteiger partial charge on any atom is 0.237 e. The molecule has 0 aliphatic heterocycles. The Balaban J connectivity index is 3.73. The number of nitrogens with one attached hydrogen (secondary N) is 1. The van der Waals surface area contributed by atoms with Gasteiger partial charge in [0.05, 0.1) is 5.54 Å². The Bertz CT molecular complexity index is 219. The van der Waals surface area contributed by atoms with Crippen molar-refractivity contribution >= 4 is 5.91 Å². The first-order valence-corrected chi connectivity index (χ1v) is 6.55. The van der Waals surface area contributed by atoms with Crippen LogP contribution in [0.2, 0.25) is 0 Å². The fourth-order valence-corrected chi connectivity index (χ4v) is 1.66. The Hall–Kier alpha value is -0.610. The minimum absolute atomic E-state index is 0.315. The Labute approximate surface area is 105 Å². The van der Waals surface area contributed by atoms with Crippen molar-refractivity contribution in [2.24, 2.45) is 11.7 Å². The van der Waals surface area contributed by atoms with Crippen LogP contribution in [0, 0.1) is 5.92 Å². The van der Waals surface area contributed by atoms with Crippen LogP contribution in [0.5, 0.6) is 0 Å². The molecule has 4 nitrogen and oxygen atoms in total. The number of primary amides is 1. The van der Waals surface area contributed by atoms with Gasteiger partial charge in [-0.25, -0.2) is 0 Å². The lowest BCUT2D eigenvalue weighted by molar-refractivity contribution is -0.124. The number of amides is 1. The number of hydrogen-bond acceptors (Lipinski definition) is 3. The summed E-state index contributed by atoms with van der Waals surface area (Å²) in [5, 5.41) is 3.11. The van der Waals surface area contributed by atoms with Gasteiger partial charge in [-0.2, -0.15) is 0 Å². The third-order valence-corrected chi connectivity index (χ3v) is 2.93. The van der Waals surface area contributed by atoms with E-state index in [4.69, 9.17) is 10.5 Å². The summed E-state index contributed by atoms with van der Waals surface area (Å²) >= 11 is 0. The third kappa shape index (κ3) is 7.34. The lowest BCUT2D eigenvalue weighted by Gasteiger charge is -2.26. The van der Waals surface area contributed by atoms with Gasteiger partial charge in [0.1, 0.15) is 0 Å².